The third-order valence-corrected chi connectivity index (χ3v) is 0.607. The van der Waals surface area contributed by atoms with Gasteiger partial charge in [-0.3, -0.25) is 5.41 Å². The summed E-state index contributed by atoms with van der Waals surface area (Å²) in [5, 5.41) is 7.24. The van der Waals surface area contributed by atoms with Crippen molar-refractivity contribution in [3.05, 3.63) is 0 Å². The largest absolute Gasteiger partial charge is 0.265 e. The molecular weight excluding hydrogens is 132 g/mol. The van der Waals surface area contributed by atoms with Crippen LogP contribution < -0.4 is 17.5 Å². The first-order valence-corrected chi connectivity index (χ1v) is 1.98. The zero-order valence-electron chi connectivity index (χ0n) is 4.00. The van der Waals surface area contributed by atoms with Gasteiger partial charge in [0.15, 0.2) is 0 Å². The number of halogens is 1. The van der Waals surface area contributed by atoms with E-state index in [0.717, 1.165) is 0 Å². The molecule has 0 saturated carbocycles. The molecule has 6 nitrogen and oxygen atoms in total. The minimum atomic E-state index is -0.383. The van der Waals surface area contributed by atoms with Gasteiger partial charge in [-0.1, -0.05) is 0 Å². The Kier molecular flexibility index (Phi) is 2.49. The van der Waals surface area contributed by atoms with Crippen molar-refractivity contribution in [1.29, 1.82) is 5.41 Å². The second-order valence-corrected chi connectivity index (χ2v) is 1.41. The summed E-state index contributed by atoms with van der Waals surface area (Å²) in [4.78, 5) is 0. The van der Waals surface area contributed by atoms with Crippen molar-refractivity contribution in [2.45, 2.75) is 0 Å². The fraction of sp³-hybridized carbons (Fsp3) is 0. The molecule has 0 aromatic heterocycles. The lowest BCUT2D eigenvalue weighted by Gasteiger charge is -2.15. The molecule has 8 heavy (non-hydrogen) atoms. The molecule has 0 aliphatic heterocycles. The number of nitrogens with zero attached hydrogens (tertiary/aromatic N) is 2. The molecule has 0 aliphatic carbocycles. The van der Waals surface area contributed by atoms with Gasteiger partial charge in [-0.25, -0.2) is 22.6 Å². The van der Waals surface area contributed by atoms with Crippen molar-refractivity contribution in [3.8, 4) is 0 Å². The van der Waals surface area contributed by atoms with Gasteiger partial charge in [-0.2, -0.15) is 4.53 Å². The van der Waals surface area contributed by atoms with Crippen LogP contribution in [0.25, 0.3) is 0 Å². The Labute approximate surface area is 51.3 Å². The molecule has 0 spiro atoms. The monoisotopic (exact) mass is 138 g/mol. The van der Waals surface area contributed by atoms with E-state index in [1.165, 1.54) is 0 Å². The quantitative estimate of drug-likeness (QED) is 0.105. The van der Waals surface area contributed by atoms with E-state index in [1.54, 1.807) is 0 Å². The number of hydrogen-bond acceptors (Lipinski definition) is 4. The highest BCUT2D eigenvalue weighted by atomic mass is 35.5. The maximum atomic E-state index is 6.74. The molecule has 7 heteroatoms. The zero-order valence-corrected chi connectivity index (χ0v) is 4.76. The summed E-state index contributed by atoms with van der Waals surface area (Å²) in [6, 6.07) is 0. The normalized spacial score (nSPS) is 8.50. The van der Waals surface area contributed by atoms with Crippen LogP contribution >= 0.6 is 11.8 Å². The first-order valence-electron chi connectivity index (χ1n) is 1.64. The van der Waals surface area contributed by atoms with E-state index in [-0.39, 0.29) is 5.96 Å². The van der Waals surface area contributed by atoms with Crippen LogP contribution in [-0.2, 0) is 0 Å². The van der Waals surface area contributed by atoms with Gasteiger partial charge in [0.25, 0.3) is 5.96 Å². The van der Waals surface area contributed by atoms with Crippen LogP contribution in [0.3, 0.4) is 0 Å². The van der Waals surface area contributed by atoms with E-state index in [1.807, 2.05) is 0 Å². The molecule has 0 radical (unpaired) electrons. The van der Waals surface area contributed by atoms with Crippen molar-refractivity contribution in [1.82, 2.24) is 9.65 Å². The first-order chi connectivity index (χ1) is 3.55. The number of rotatable bonds is 0. The van der Waals surface area contributed by atoms with Crippen molar-refractivity contribution >= 4 is 17.7 Å². The molecule has 0 saturated heterocycles. The zero-order chi connectivity index (χ0) is 6.73. The van der Waals surface area contributed by atoms with Crippen LogP contribution in [0.4, 0.5) is 0 Å². The highest BCUT2D eigenvalue weighted by molar-refractivity contribution is 6.20. The van der Waals surface area contributed by atoms with E-state index in [0.29, 0.717) is 9.65 Å². The predicted molar refractivity (Wildman–Crippen MR) is 29.8 cm³/mol. The van der Waals surface area contributed by atoms with E-state index in [9.17, 15) is 0 Å². The molecule has 0 aromatic carbocycles. The fourth-order valence-electron chi connectivity index (χ4n) is 0.110. The summed E-state index contributed by atoms with van der Waals surface area (Å²) < 4.78 is 0.472. The standard InChI is InChI=1S/CH7ClN6/c2-7(4)1(3)8(5)6/h3H,4-6H2. The van der Waals surface area contributed by atoms with Crippen LogP contribution in [0, 0.1) is 5.41 Å². The summed E-state index contributed by atoms with van der Waals surface area (Å²) in [7, 11) is 0. The molecule has 0 fully saturated rings. The average Bonchev–Trinajstić information content (AvgIpc) is 1.64. The Balaban J connectivity index is 3.65. The van der Waals surface area contributed by atoms with Gasteiger partial charge in [0.2, 0.25) is 0 Å². The Morgan fingerprint density at radius 2 is 1.75 bits per heavy atom. The van der Waals surface area contributed by atoms with Gasteiger partial charge in [-0.05, 0) is 0 Å². The Morgan fingerprint density at radius 1 is 1.38 bits per heavy atom. The Morgan fingerprint density at radius 3 is 1.75 bits per heavy atom. The van der Waals surface area contributed by atoms with Gasteiger partial charge in [-0.15, -0.1) is 0 Å². The topological polar surface area (TPSA) is 108 Å². The van der Waals surface area contributed by atoms with Crippen LogP contribution in [0.15, 0.2) is 0 Å². The van der Waals surface area contributed by atoms with E-state index in [4.69, 9.17) is 34.7 Å². The smallest absolute Gasteiger partial charge is 0.253 e. The van der Waals surface area contributed by atoms with E-state index >= 15 is 0 Å². The molecule has 7 N–H and O–H groups in total. The molecule has 0 bridgehead atoms. The number of nitrogens with two attached hydrogens (primary N) is 3. The Bertz CT molecular complexity index is 76.5. The van der Waals surface area contributed by atoms with Crippen LogP contribution in [-0.4, -0.2) is 15.6 Å². The molecule has 0 amide bonds. The second kappa shape index (κ2) is 2.68. The highest BCUT2D eigenvalue weighted by Gasteiger charge is 2.02. The second-order valence-electron chi connectivity index (χ2n) is 1.04. The number of guanidine groups is 1. The van der Waals surface area contributed by atoms with Gasteiger partial charge in [0.05, 0.1) is 0 Å². The summed E-state index contributed by atoms with van der Waals surface area (Å²) >= 11 is 5.01. The minimum absolute atomic E-state index is 0.383. The van der Waals surface area contributed by atoms with Crippen molar-refractivity contribution < 1.29 is 0 Å². The first kappa shape index (κ1) is 7.44. The molecule has 0 aromatic rings. The highest BCUT2D eigenvalue weighted by Crippen LogP contribution is 1.82. The third kappa shape index (κ3) is 1.94. The Hall–Kier alpha value is -0.560. The molecular formula is CH7ClN6. The van der Waals surface area contributed by atoms with Gasteiger partial charge < -0.3 is 0 Å². The molecule has 0 unspecified atom stereocenters. The van der Waals surface area contributed by atoms with E-state index in [2.05, 4.69) is 0 Å². The van der Waals surface area contributed by atoms with Crippen LogP contribution in [0.5, 0.6) is 0 Å². The molecule has 0 atom stereocenters. The predicted octanol–water partition coefficient (Wildman–Crippen LogP) is -1.70. The van der Waals surface area contributed by atoms with Crippen molar-refractivity contribution in [2.75, 3.05) is 0 Å². The van der Waals surface area contributed by atoms with Crippen molar-refractivity contribution in [2.24, 2.45) is 17.5 Å². The number of hydrazine groups is 3. The lowest BCUT2D eigenvalue weighted by Crippen LogP contribution is -2.50. The molecule has 0 aliphatic rings. The summed E-state index contributed by atoms with van der Waals surface area (Å²) in [6.07, 6.45) is 0. The molecule has 0 heterocycles. The lowest BCUT2D eigenvalue weighted by molar-refractivity contribution is 0.407. The maximum Gasteiger partial charge on any atom is 0.253 e. The molecule has 0 rings (SSSR count). The summed E-state index contributed by atoms with van der Waals surface area (Å²) in [5.41, 5.74) is 0. The van der Waals surface area contributed by atoms with Crippen LogP contribution in [0.1, 0.15) is 0 Å². The maximum absolute atomic E-state index is 6.74. The number of nitrogens with one attached hydrogen (secondary N) is 1. The molecule has 48 valence electrons. The lowest BCUT2D eigenvalue weighted by atomic mass is 11.0. The average molecular weight is 139 g/mol. The SMILES string of the molecule is N=C(N(N)N)N(N)Cl. The van der Waals surface area contributed by atoms with Gasteiger partial charge >= 0.3 is 0 Å². The third-order valence-electron chi connectivity index (χ3n) is 0.447. The summed E-state index contributed by atoms with van der Waals surface area (Å²) in [6.45, 7) is 0. The minimum Gasteiger partial charge on any atom is -0.265 e. The van der Waals surface area contributed by atoms with Crippen LogP contribution in [0.2, 0.25) is 0 Å². The van der Waals surface area contributed by atoms with E-state index < -0.39 is 0 Å². The summed E-state index contributed by atoms with van der Waals surface area (Å²) in [5.74, 6) is 14.1. The van der Waals surface area contributed by atoms with Crippen molar-refractivity contribution in [3.63, 3.8) is 0 Å². The fourth-order valence-corrected chi connectivity index (χ4v) is 0.198. The van der Waals surface area contributed by atoms with Gasteiger partial charge in [0.1, 0.15) is 0 Å². The van der Waals surface area contributed by atoms with Gasteiger partial charge in [0, 0.05) is 11.8 Å². The number of hydrogen-bond donors (Lipinski definition) is 4.